The Labute approximate surface area is 162 Å². The molecule has 0 radical (unpaired) electrons. The Morgan fingerprint density at radius 1 is 1.11 bits per heavy atom. The van der Waals surface area contributed by atoms with Gasteiger partial charge in [-0.15, -0.1) is 0 Å². The number of hydrogen-bond acceptors (Lipinski definition) is 4. The lowest BCUT2D eigenvalue weighted by Crippen LogP contribution is -2.33. The number of carbonyl (C=O) groups is 1. The van der Waals surface area contributed by atoms with Crippen LogP contribution in [0.5, 0.6) is 0 Å². The summed E-state index contributed by atoms with van der Waals surface area (Å²) in [6.45, 7) is 1.69. The van der Waals surface area contributed by atoms with Crippen LogP contribution in [-0.2, 0) is 37.4 Å². The van der Waals surface area contributed by atoms with Gasteiger partial charge in [-0.2, -0.15) is 10.2 Å². The van der Waals surface area contributed by atoms with E-state index in [0.29, 0.717) is 19.6 Å². The molecule has 2 aromatic heterocycles. The molecule has 0 saturated heterocycles. The second-order valence-corrected chi connectivity index (χ2v) is 7.13. The minimum Gasteiger partial charge on any atom is -0.350 e. The van der Waals surface area contributed by atoms with Crippen molar-refractivity contribution in [3.8, 4) is 0 Å². The zero-order valence-electron chi connectivity index (χ0n) is 15.8. The first-order chi connectivity index (χ1) is 13.7. The molecule has 8 heteroatoms. The van der Waals surface area contributed by atoms with Gasteiger partial charge < -0.3 is 5.32 Å². The summed E-state index contributed by atoms with van der Waals surface area (Å²) < 4.78 is 4.82. The Bertz CT molecular complexity index is 1000. The summed E-state index contributed by atoms with van der Waals surface area (Å²) in [4.78, 5) is 24.7. The summed E-state index contributed by atoms with van der Waals surface area (Å²) in [5.74, 6) is 0.559. The first kappa shape index (κ1) is 18.2. The topological polar surface area (TPSA) is 86.7 Å². The Hall–Kier alpha value is -3.16. The Morgan fingerprint density at radius 3 is 2.82 bits per heavy atom. The van der Waals surface area contributed by atoms with Crippen LogP contribution in [-0.4, -0.2) is 30.0 Å². The molecule has 8 nitrogen and oxygen atoms in total. The van der Waals surface area contributed by atoms with Crippen molar-refractivity contribution < 1.29 is 4.79 Å². The van der Waals surface area contributed by atoms with Crippen LogP contribution in [0.15, 0.2) is 47.5 Å². The third-order valence-electron chi connectivity index (χ3n) is 4.94. The van der Waals surface area contributed by atoms with E-state index in [-0.39, 0.29) is 18.1 Å². The first-order valence-electron chi connectivity index (χ1n) is 9.67. The molecule has 3 aromatic rings. The van der Waals surface area contributed by atoms with Crippen molar-refractivity contribution in [3.63, 3.8) is 0 Å². The molecule has 0 bridgehead atoms. The van der Waals surface area contributed by atoms with Gasteiger partial charge in [0.1, 0.15) is 12.4 Å². The first-order valence-corrected chi connectivity index (χ1v) is 9.67. The summed E-state index contributed by atoms with van der Waals surface area (Å²) in [5.41, 5.74) is 1.89. The smallest absolute Gasteiger partial charge is 0.346 e. The molecular formula is C20H24N6O2. The molecule has 1 aromatic carbocycles. The van der Waals surface area contributed by atoms with Gasteiger partial charge in [0.05, 0.1) is 12.7 Å². The molecule has 0 spiro atoms. The molecule has 0 unspecified atom stereocenters. The van der Waals surface area contributed by atoms with Crippen LogP contribution in [0, 0.1) is 0 Å². The van der Waals surface area contributed by atoms with E-state index >= 15 is 0 Å². The quantitative estimate of drug-likeness (QED) is 0.699. The van der Waals surface area contributed by atoms with Crippen LogP contribution in [0.2, 0.25) is 0 Å². The van der Waals surface area contributed by atoms with Crippen LogP contribution in [0.4, 0.5) is 0 Å². The predicted molar refractivity (Wildman–Crippen MR) is 104 cm³/mol. The van der Waals surface area contributed by atoms with Gasteiger partial charge in [0.2, 0.25) is 5.91 Å². The standard InChI is InChI=1S/C20H24N6O2/c27-19(15-26-20(28)25-10-6-2-5-9-18(25)23-26)21-11-17-12-22-24(14-17)13-16-7-3-1-4-8-16/h1,3-4,7-8,12,14H,2,5-6,9-11,13,15H2,(H,21,27). The SMILES string of the molecule is O=C(Cn1nc2n(c1=O)CCCCC2)NCc1cnn(Cc2ccccc2)c1. The normalized spacial score (nSPS) is 13.7. The summed E-state index contributed by atoms with van der Waals surface area (Å²) in [6.07, 6.45) is 7.59. The van der Waals surface area contributed by atoms with E-state index in [2.05, 4.69) is 15.5 Å². The third-order valence-corrected chi connectivity index (χ3v) is 4.94. The lowest BCUT2D eigenvalue weighted by Gasteiger charge is -2.03. The molecule has 146 valence electrons. The number of aromatic nitrogens is 5. The van der Waals surface area contributed by atoms with Crippen molar-refractivity contribution in [2.45, 2.75) is 51.9 Å². The van der Waals surface area contributed by atoms with Crippen LogP contribution in [0.1, 0.15) is 36.2 Å². The molecule has 1 aliphatic heterocycles. The fourth-order valence-electron chi connectivity index (χ4n) is 3.48. The minimum atomic E-state index is -0.230. The zero-order chi connectivity index (χ0) is 19.3. The number of carbonyl (C=O) groups excluding carboxylic acids is 1. The number of benzene rings is 1. The van der Waals surface area contributed by atoms with Crippen LogP contribution in [0.25, 0.3) is 0 Å². The van der Waals surface area contributed by atoms with Crippen molar-refractivity contribution in [2.75, 3.05) is 0 Å². The lowest BCUT2D eigenvalue weighted by molar-refractivity contribution is -0.122. The Morgan fingerprint density at radius 2 is 1.96 bits per heavy atom. The summed E-state index contributed by atoms with van der Waals surface area (Å²) in [5, 5.41) is 11.5. The molecular weight excluding hydrogens is 356 g/mol. The zero-order valence-corrected chi connectivity index (χ0v) is 15.8. The molecule has 4 rings (SSSR count). The molecule has 1 amide bonds. The van der Waals surface area contributed by atoms with Crippen LogP contribution in [0.3, 0.4) is 0 Å². The number of aryl methyl sites for hydroxylation is 1. The van der Waals surface area contributed by atoms with E-state index in [9.17, 15) is 9.59 Å². The average molecular weight is 380 g/mol. The predicted octanol–water partition coefficient (Wildman–Crippen LogP) is 1.33. The highest BCUT2D eigenvalue weighted by Crippen LogP contribution is 2.10. The van der Waals surface area contributed by atoms with Gasteiger partial charge in [-0.25, -0.2) is 9.48 Å². The van der Waals surface area contributed by atoms with Crippen LogP contribution < -0.4 is 11.0 Å². The second kappa shape index (κ2) is 8.24. The average Bonchev–Trinajstić information content (AvgIpc) is 3.17. The minimum absolute atomic E-state index is 0.0585. The van der Waals surface area contributed by atoms with Gasteiger partial charge in [0, 0.05) is 31.3 Å². The highest BCUT2D eigenvalue weighted by atomic mass is 16.2. The number of nitrogens with zero attached hydrogens (tertiary/aromatic N) is 5. The fourth-order valence-corrected chi connectivity index (χ4v) is 3.48. The van der Waals surface area contributed by atoms with Gasteiger partial charge in [0.25, 0.3) is 0 Å². The van der Waals surface area contributed by atoms with Gasteiger partial charge in [-0.05, 0) is 18.4 Å². The molecule has 0 aliphatic carbocycles. The molecule has 0 saturated carbocycles. The van der Waals surface area contributed by atoms with Gasteiger partial charge in [0.15, 0.2) is 0 Å². The van der Waals surface area contributed by atoms with Crippen molar-refractivity contribution in [2.24, 2.45) is 0 Å². The van der Waals surface area contributed by atoms with E-state index in [0.717, 1.165) is 37.1 Å². The maximum Gasteiger partial charge on any atom is 0.346 e. The summed E-state index contributed by atoms with van der Waals surface area (Å²) in [6, 6.07) is 10.1. The molecule has 3 heterocycles. The van der Waals surface area contributed by atoms with Crippen molar-refractivity contribution in [1.82, 2.24) is 29.4 Å². The summed E-state index contributed by atoms with van der Waals surface area (Å²) >= 11 is 0. The van der Waals surface area contributed by atoms with Gasteiger partial charge in [-0.3, -0.25) is 14.0 Å². The van der Waals surface area contributed by atoms with Gasteiger partial charge in [-0.1, -0.05) is 36.8 Å². The van der Waals surface area contributed by atoms with Crippen LogP contribution >= 0.6 is 0 Å². The van der Waals surface area contributed by atoms with Crippen molar-refractivity contribution in [3.05, 3.63) is 70.2 Å². The van der Waals surface area contributed by atoms with Crippen molar-refractivity contribution >= 4 is 5.91 Å². The van der Waals surface area contributed by atoms with Gasteiger partial charge >= 0.3 is 5.69 Å². The molecule has 0 atom stereocenters. The largest absolute Gasteiger partial charge is 0.350 e. The second-order valence-electron chi connectivity index (χ2n) is 7.13. The lowest BCUT2D eigenvalue weighted by atomic mass is 10.2. The monoisotopic (exact) mass is 380 g/mol. The van der Waals surface area contributed by atoms with Crippen molar-refractivity contribution in [1.29, 1.82) is 0 Å². The fraction of sp³-hybridized carbons (Fsp3) is 0.400. The van der Waals surface area contributed by atoms with E-state index in [1.807, 2.05) is 41.2 Å². The van der Waals surface area contributed by atoms with E-state index in [1.165, 1.54) is 10.2 Å². The Kier molecular flexibility index (Phi) is 5.36. The number of hydrogen-bond donors (Lipinski definition) is 1. The third kappa shape index (κ3) is 4.21. The van der Waals surface area contributed by atoms with E-state index < -0.39 is 0 Å². The highest BCUT2D eigenvalue weighted by molar-refractivity contribution is 5.75. The highest BCUT2D eigenvalue weighted by Gasteiger charge is 2.17. The number of rotatable bonds is 6. The summed E-state index contributed by atoms with van der Waals surface area (Å²) in [7, 11) is 0. The molecule has 1 aliphatic rings. The maximum atomic E-state index is 12.4. The molecule has 0 fully saturated rings. The number of amides is 1. The number of nitrogens with one attached hydrogen (secondary N) is 1. The Balaban J connectivity index is 1.32. The van der Waals surface area contributed by atoms with E-state index in [1.54, 1.807) is 10.8 Å². The molecule has 1 N–H and O–H groups in total. The molecule has 28 heavy (non-hydrogen) atoms. The maximum absolute atomic E-state index is 12.4. The number of fused-ring (bicyclic) bond motifs is 1. The van der Waals surface area contributed by atoms with E-state index in [4.69, 9.17) is 0 Å².